The number of carbonyl (C=O) groups excluding carboxylic acids is 2. The van der Waals surface area contributed by atoms with Crippen molar-refractivity contribution in [1.82, 2.24) is 10.6 Å². The second kappa shape index (κ2) is 9.85. The Bertz CT molecular complexity index is 956. The van der Waals surface area contributed by atoms with Gasteiger partial charge in [0.15, 0.2) is 0 Å². The summed E-state index contributed by atoms with van der Waals surface area (Å²) in [4.78, 5) is 35.4. The highest BCUT2D eigenvalue weighted by atomic mass is 16.5. The molecule has 1 atom stereocenters. The second-order valence-corrected chi connectivity index (χ2v) is 9.02. The van der Waals surface area contributed by atoms with Crippen molar-refractivity contribution in [2.45, 2.75) is 45.1 Å². The summed E-state index contributed by atoms with van der Waals surface area (Å²) in [5.74, 6) is -1.36. The van der Waals surface area contributed by atoms with Gasteiger partial charge in [-0.1, -0.05) is 55.5 Å². The fourth-order valence-corrected chi connectivity index (χ4v) is 4.08. The number of rotatable bonds is 9. The third-order valence-electron chi connectivity index (χ3n) is 5.56. The molecular formula is C25H30N2O5. The van der Waals surface area contributed by atoms with Crippen molar-refractivity contribution in [3.05, 3.63) is 59.7 Å². The number of carboxylic acid groups (broad SMARTS) is 1. The standard InChI is InChI=1S/C25H30N2O5/c1-16(12-23(29)30)14-26-22(28)13-25(2,3)27-24(31)32-15-21-19-10-6-4-8-17(19)18-9-5-7-11-20(18)21/h4-11,16,21H,12-15H2,1-3H3,(H,26,28)(H,27,31)(H,29,30). The molecule has 3 N–H and O–H groups in total. The van der Waals surface area contributed by atoms with Gasteiger partial charge in [0.1, 0.15) is 6.61 Å². The van der Waals surface area contributed by atoms with E-state index in [9.17, 15) is 14.4 Å². The van der Waals surface area contributed by atoms with Crippen molar-refractivity contribution < 1.29 is 24.2 Å². The summed E-state index contributed by atoms with van der Waals surface area (Å²) in [6.07, 6.45) is -0.539. The molecule has 0 heterocycles. The van der Waals surface area contributed by atoms with Crippen LogP contribution in [-0.2, 0) is 14.3 Å². The summed E-state index contributed by atoms with van der Waals surface area (Å²) in [7, 11) is 0. The highest BCUT2D eigenvalue weighted by molar-refractivity contribution is 5.80. The van der Waals surface area contributed by atoms with Gasteiger partial charge in [0.25, 0.3) is 0 Å². The summed E-state index contributed by atoms with van der Waals surface area (Å²) in [5.41, 5.74) is 3.77. The van der Waals surface area contributed by atoms with Gasteiger partial charge in [-0.25, -0.2) is 4.79 Å². The first kappa shape index (κ1) is 23.3. The van der Waals surface area contributed by atoms with E-state index in [1.54, 1.807) is 20.8 Å². The van der Waals surface area contributed by atoms with Crippen molar-refractivity contribution in [2.75, 3.05) is 13.2 Å². The Kier molecular flexibility index (Phi) is 7.18. The zero-order valence-corrected chi connectivity index (χ0v) is 18.7. The van der Waals surface area contributed by atoms with Gasteiger partial charge in [-0.05, 0) is 42.0 Å². The molecule has 170 valence electrons. The van der Waals surface area contributed by atoms with Crippen LogP contribution in [0.5, 0.6) is 0 Å². The van der Waals surface area contributed by atoms with Crippen LogP contribution in [-0.4, -0.2) is 41.8 Å². The number of amides is 2. The molecule has 0 aromatic heterocycles. The van der Waals surface area contributed by atoms with Crippen molar-refractivity contribution in [2.24, 2.45) is 5.92 Å². The molecule has 2 aromatic rings. The zero-order chi connectivity index (χ0) is 23.3. The fourth-order valence-electron chi connectivity index (χ4n) is 4.08. The predicted octanol–water partition coefficient (Wildman–Crippen LogP) is 3.92. The number of fused-ring (bicyclic) bond motifs is 3. The van der Waals surface area contributed by atoms with Crippen LogP contribution < -0.4 is 10.6 Å². The maximum atomic E-state index is 12.5. The molecule has 0 saturated heterocycles. The molecule has 1 aliphatic rings. The molecule has 0 spiro atoms. The predicted molar refractivity (Wildman–Crippen MR) is 121 cm³/mol. The molecule has 1 unspecified atom stereocenters. The van der Waals surface area contributed by atoms with E-state index in [4.69, 9.17) is 9.84 Å². The number of carboxylic acids is 1. The molecule has 7 nitrogen and oxygen atoms in total. The number of carbonyl (C=O) groups is 3. The number of aliphatic carboxylic acids is 1. The van der Waals surface area contributed by atoms with Crippen LogP contribution >= 0.6 is 0 Å². The third-order valence-corrected chi connectivity index (χ3v) is 5.56. The molecule has 1 aliphatic carbocycles. The Labute approximate surface area is 188 Å². The zero-order valence-electron chi connectivity index (χ0n) is 18.7. The van der Waals surface area contributed by atoms with Gasteiger partial charge in [-0.3, -0.25) is 9.59 Å². The second-order valence-electron chi connectivity index (χ2n) is 9.02. The molecule has 7 heteroatoms. The molecule has 0 aliphatic heterocycles. The average Bonchev–Trinajstić information content (AvgIpc) is 3.03. The molecule has 32 heavy (non-hydrogen) atoms. The van der Waals surface area contributed by atoms with Crippen LogP contribution in [0.3, 0.4) is 0 Å². The van der Waals surface area contributed by atoms with E-state index in [0.717, 1.165) is 22.3 Å². The van der Waals surface area contributed by atoms with Crippen molar-refractivity contribution in [3.63, 3.8) is 0 Å². The van der Waals surface area contributed by atoms with Crippen LogP contribution in [0.25, 0.3) is 11.1 Å². The lowest BCUT2D eigenvalue weighted by Crippen LogP contribution is -2.47. The minimum absolute atomic E-state index is 0.0122. The summed E-state index contributed by atoms with van der Waals surface area (Å²) in [5, 5.41) is 14.3. The number of hydrogen-bond donors (Lipinski definition) is 3. The maximum absolute atomic E-state index is 12.5. The van der Waals surface area contributed by atoms with Gasteiger partial charge >= 0.3 is 12.1 Å². The minimum atomic E-state index is -0.899. The highest BCUT2D eigenvalue weighted by Gasteiger charge is 2.30. The third kappa shape index (κ3) is 5.87. The number of benzene rings is 2. The van der Waals surface area contributed by atoms with Gasteiger partial charge in [-0.2, -0.15) is 0 Å². The number of hydrogen-bond acceptors (Lipinski definition) is 4. The average molecular weight is 439 g/mol. The Morgan fingerprint density at radius 1 is 1.03 bits per heavy atom. The normalized spacial score (nSPS) is 13.6. The Morgan fingerprint density at radius 2 is 1.59 bits per heavy atom. The van der Waals surface area contributed by atoms with E-state index in [1.807, 2.05) is 24.3 Å². The molecular weight excluding hydrogens is 408 g/mol. The van der Waals surface area contributed by atoms with Crippen LogP contribution in [0.2, 0.25) is 0 Å². The van der Waals surface area contributed by atoms with E-state index < -0.39 is 17.6 Å². The first-order valence-corrected chi connectivity index (χ1v) is 10.8. The van der Waals surface area contributed by atoms with Crippen LogP contribution in [0.1, 0.15) is 50.7 Å². The lowest BCUT2D eigenvalue weighted by Gasteiger charge is -2.26. The van der Waals surface area contributed by atoms with Gasteiger partial charge in [0.2, 0.25) is 5.91 Å². The fraction of sp³-hybridized carbons (Fsp3) is 0.400. The van der Waals surface area contributed by atoms with Crippen molar-refractivity contribution in [1.29, 1.82) is 0 Å². The summed E-state index contributed by atoms with van der Waals surface area (Å²) in [6.45, 7) is 5.72. The lowest BCUT2D eigenvalue weighted by atomic mass is 9.98. The molecule has 3 rings (SSSR count). The molecule has 2 aromatic carbocycles. The maximum Gasteiger partial charge on any atom is 0.407 e. The van der Waals surface area contributed by atoms with Gasteiger partial charge in [0.05, 0.1) is 0 Å². The minimum Gasteiger partial charge on any atom is -0.481 e. The summed E-state index contributed by atoms with van der Waals surface area (Å²) in [6, 6.07) is 16.2. The Hall–Kier alpha value is -3.35. The lowest BCUT2D eigenvalue weighted by molar-refractivity contribution is -0.138. The van der Waals surface area contributed by atoms with Crippen molar-refractivity contribution >= 4 is 18.0 Å². The molecule has 0 bridgehead atoms. The monoisotopic (exact) mass is 438 g/mol. The molecule has 0 saturated carbocycles. The SMILES string of the molecule is CC(CNC(=O)CC(C)(C)NC(=O)OCC1c2ccccc2-c2ccccc21)CC(=O)O. The number of nitrogens with one attached hydrogen (secondary N) is 2. The largest absolute Gasteiger partial charge is 0.481 e. The molecule has 0 radical (unpaired) electrons. The van der Waals surface area contributed by atoms with E-state index >= 15 is 0 Å². The van der Waals surface area contributed by atoms with Crippen LogP contribution in [0.15, 0.2) is 48.5 Å². The summed E-state index contributed by atoms with van der Waals surface area (Å²) >= 11 is 0. The number of ether oxygens (including phenoxy) is 1. The molecule has 2 amide bonds. The first-order valence-electron chi connectivity index (χ1n) is 10.8. The van der Waals surface area contributed by atoms with Crippen LogP contribution in [0, 0.1) is 5.92 Å². The Balaban J connectivity index is 1.52. The quantitative estimate of drug-likeness (QED) is 0.550. The van der Waals surface area contributed by atoms with Gasteiger partial charge < -0.3 is 20.5 Å². The van der Waals surface area contributed by atoms with Crippen LogP contribution in [0.4, 0.5) is 4.79 Å². The smallest absolute Gasteiger partial charge is 0.407 e. The van der Waals surface area contributed by atoms with Gasteiger partial charge in [-0.15, -0.1) is 0 Å². The van der Waals surface area contributed by atoms with E-state index in [1.165, 1.54) is 0 Å². The highest BCUT2D eigenvalue weighted by Crippen LogP contribution is 2.44. The summed E-state index contributed by atoms with van der Waals surface area (Å²) < 4.78 is 5.55. The Morgan fingerprint density at radius 3 is 2.16 bits per heavy atom. The van der Waals surface area contributed by atoms with Crippen molar-refractivity contribution in [3.8, 4) is 11.1 Å². The topological polar surface area (TPSA) is 105 Å². The molecule has 0 fully saturated rings. The first-order chi connectivity index (χ1) is 15.2. The van der Waals surface area contributed by atoms with E-state index in [-0.39, 0.29) is 43.7 Å². The van der Waals surface area contributed by atoms with Gasteiger partial charge in [0, 0.05) is 30.8 Å². The number of alkyl carbamates (subject to hydrolysis) is 1. The van der Waals surface area contributed by atoms with E-state index in [2.05, 4.69) is 34.9 Å². The van der Waals surface area contributed by atoms with E-state index in [0.29, 0.717) is 0 Å².